The molecular weight excluding hydrogens is 505 g/mol. The number of pyridine rings is 1. The van der Waals surface area contributed by atoms with Crippen LogP contribution in [-0.4, -0.2) is 56.3 Å². The minimum absolute atomic E-state index is 0.157. The second-order valence-corrected chi connectivity index (χ2v) is 10.2. The molecular formula is C31H32FN7O. The molecule has 6 rings (SSSR count). The second-order valence-electron chi connectivity index (χ2n) is 10.2. The van der Waals surface area contributed by atoms with Gasteiger partial charge in [0.25, 0.3) is 5.56 Å². The van der Waals surface area contributed by atoms with Crippen molar-refractivity contribution in [1.29, 1.82) is 0 Å². The molecule has 8 nitrogen and oxygen atoms in total. The summed E-state index contributed by atoms with van der Waals surface area (Å²) in [6.07, 6.45) is 1.67. The van der Waals surface area contributed by atoms with Gasteiger partial charge in [-0.2, -0.15) is 0 Å². The smallest absolute Gasteiger partial charge is 0.253 e. The number of hydrogen-bond donors (Lipinski definition) is 1. The quantitative estimate of drug-likeness (QED) is 0.317. The maximum absolute atomic E-state index is 14.5. The molecule has 1 saturated heterocycles. The Labute approximate surface area is 232 Å². The van der Waals surface area contributed by atoms with Gasteiger partial charge in [-0.25, -0.2) is 9.07 Å². The van der Waals surface area contributed by atoms with Gasteiger partial charge in [0.05, 0.1) is 5.69 Å². The average molecular weight is 538 g/mol. The molecule has 9 heteroatoms. The number of tetrazole rings is 1. The fourth-order valence-corrected chi connectivity index (χ4v) is 5.57. The van der Waals surface area contributed by atoms with Crippen LogP contribution in [0.1, 0.15) is 35.5 Å². The van der Waals surface area contributed by atoms with E-state index in [1.54, 1.807) is 6.07 Å². The monoisotopic (exact) mass is 537 g/mol. The van der Waals surface area contributed by atoms with E-state index < -0.39 is 6.04 Å². The number of anilines is 1. The zero-order valence-electron chi connectivity index (χ0n) is 22.5. The number of fused-ring (bicyclic) bond motifs is 1. The third-order valence-corrected chi connectivity index (χ3v) is 7.77. The molecule has 2 aromatic heterocycles. The van der Waals surface area contributed by atoms with E-state index in [1.807, 2.05) is 53.2 Å². The van der Waals surface area contributed by atoms with Crippen molar-refractivity contribution in [3.63, 3.8) is 0 Å². The number of hydrogen-bond acceptors (Lipinski definition) is 6. The maximum atomic E-state index is 14.5. The standard InChI is InChI=1S/C31H32FN7O/c1-2-22-12-13-27-24(20-22)21-25(31(40)33-27)29(30-34-35-36-39(30)15-14-23-8-4-3-5-9-23)38-18-16-37(17-19-38)28-11-7-6-10-26(28)32/h3-13,20-21,29H,2,14-19H2,1H3,(H,33,40)/t29-/m1/s1. The minimum Gasteiger partial charge on any atom is -0.367 e. The molecule has 1 aliphatic heterocycles. The first-order chi connectivity index (χ1) is 19.6. The lowest BCUT2D eigenvalue weighted by molar-refractivity contribution is 0.199. The third-order valence-electron chi connectivity index (χ3n) is 7.77. The lowest BCUT2D eigenvalue weighted by atomic mass is 10.0. The third kappa shape index (κ3) is 5.24. The molecule has 0 aliphatic carbocycles. The first-order valence-electron chi connectivity index (χ1n) is 13.8. The summed E-state index contributed by atoms with van der Waals surface area (Å²) in [4.78, 5) is 21.0. The summed E-state index contributed by atoms with van der Waals surface area (Å²) in [5.41, 5.74) is 4.24. The summed E-state index contributed by atoms with van der Waals surface area (Å²) in [6, 6.07) is 24.7. The molecule has 0 bridgehead atoms. The van der Waals surface area contributed by atoms with Crippen molar-refractivity contribution in [2.45, 2.75) is 32.4 Å². The number of piperazine rings is 1. The van der Waals surface area contributed by atoms with Crippen molar-refractivity contribution in [1.82, 2.24) is 30.1 Å². The van der Waals surface area contributed by atoms with Crippen LogP contribution in [0.25, 0.3) is 10.9 Å². The van der Waals surface area contributed by atoms with E-state index in [0.717, 1.165) is 23.7 Å². The van der Waals surface area contributed by atoms with Gasteiger partial charge in [-0.3, -0.25) is 9.69 Å². The average Bonchev–Trinajstić information content (AvgIpc) is 3.45. The molecule has 0 saturated carbocycles. The van der Waals surface area contributed by atoms with E-state index in [4.69, 9.17) is 0 Å². The number of H-pyrrole nitrogens is 1. The van der Waals surface area contributed by atoms with Crippen LogP contribution in [0.3, 0.4) is 0 Å². The lowest BCUT2D eigenvalue weighted by Crippen LogP contribution is -2.49. The van der Waals surface area contributed by atoms with Crippen molar-refractivity contribution >= 4 is 16.6 Å². The van der Waals surface area contributed by atoms with Crippen LogP contribution >= 0.6 is 0 Å². The molecule has 204 valence electrons. The summed E-state index contributed by atoms with van der Waals surface area (Å²) in [7, 11) is 0. The number of benzene rings is 3. The molecule has 3 aromatic carbocycles. The second kappa shape index (κ2) is 11.4. The number of aromatic amines is 1. The molecule has 0 spiro atoms. The van der Waals surface area contributed by atoms with E-state index in [0.29, 0.717) is 49.8 Å². The number of rotatable bonds is 8. The molecule has 1 aliphatic rings. The highest BCUT2D eigenvalue weighted by atomic mass is 19.1. The van der Waals surface area contributed by atoms with Crippen molar-refractivity contribution < 1.29 is 4.39 Å². The van der Waals surface area contributed by atoms with Gasteiger partial charge in [0.2, 0.25) is 0 Å². The van der Waals surface area contributed by atoms with Crippen LogP contribution in [0.4, 0.5) is 10.1 Å². The van der Waals surface area contributed by atoms with Gasteiger partial charge in [0.1, 0.15) is 11.9 Å². The zero-order chi connectivity index (χ0) is 27.5. The van der Waals surface area contributed by atoms with Crippen LogP contribution < -0.4 is 10.5 Å². The van der Waals surface area contributed by atoms with Crippen LogP contribution in [0.2, 0.25) is 0 Å². The summed E-state index contributed by atoms with van der Waals surface area (Å²) >= 11 is 0. The van der Waals surface area contributed by atoms with Crippen LogP contribution in [0.15, 0.2) is 83.7 Å². The number of para-hydroxylation sites is 1. The van der Waals surface area contributed by atoms with E-state index in [-0.39, 0.29) is 11.4 Å². The van der Waals surface area contributed by atoms with E-state index in [1.165, 1.54) is 17.2 Å². The van der Waals surface area contributed by atoms with Gasteiger partial charge in [0, 0.05) is 43.8 Å². The number of halogens is 1. The predicted molar refractivity (Wildman–Crippen MR) is 154 cm³/mol. The van der Waals surface area contributed by atoms with Gasteiger partial charge in [-0.05, 0) is 70.1 Å². The van der Waals surface area contributed by atoms with Gasteiger partial charge in [0.15, 0.2) is 5.82 Å². The van der Waals surface area contributed by atoms with Crippen molar-refractivity contribution in [2.24, 2.45) is 0 Å². The fourth-order valence-electron chi connectivity index (χ4n) is 5.57. The van der Waals surface area contributed by atoms with Crippen LogP contribution in [0.5, 0.6) is 0 Å². The van der Waals surface area contributed by atoms with Crippen LogP contribution in [0, 0.1) is 5.82 Å². The van der Waals surface area contributed by atoms with Gasteiger partial charge >= 0.3 is 0 Å². The highest BCUT2D eigenvalue weighted by molar-refractivity contribution is 5.80. The van der Waals surface area contributed by atoms with Crippen molar-refractivity contribution in [3.05, 3.63) is 118 Å². The highest BCUT2D eigenvalue weighted by Crippen LogP contribution is 2.30. The lowest BCUT2D eigenvalue weighted by Gasteiger charge is -2.39. The normalized spacial score (nSPS) is 15.0. The highest BCUT2D eigenvalue weighted by Gasteiger charge is 2.33. The Morgan fingerprint density at radius 1 is 0.925 bits per heavy atom. The molecule has 3 heterocycles. The van der Waals surface area contributed by atoms with Crippen LogP contribution in [-0.2, 0) is 19.4 Å². The number of aryl methyl sites for hydroxylation is 3. The van der Waals surface area contributed by atoms with E-state index in [2.05, 4.69) is 55.4 Å². The van der Waals surface area contributed by atoms with Crippen molar-refractivity contribution in [2.75, 3.05) is 31.1 Å². The zero-order valence-corrected chi connectivity index (χ0v) is 22.5. The molecule has 0 unspecified atom stereocenters. The van der Waals surface area contributed by atoms with Gasteiger partial charge < -0.3 is 9.88 Å². The van der Waals surface area contributed by atoms with E-state index >= 15 is 0 Å². The molecule has 5 aromatic rings. The number of aromatic nitrogens is 5. The maximum Gasteiger partial charge on any atom is 0.253 e. The first-order valence-corrected chi connectivity index (χ1v) is 13.8. The minimum atomic E-state index is -0.452. The summed E-state index contributed by atoms with van der Waals surface area (Å²) in [5, 5.41) is 13.8. The van der Waals surface area contributed by atoms with Gasteiger partial charge in [-0.1, -0.05) is 55.5 Å². The first kappa shape index (κ1) is 25.9. The molecule has 40 heavy (non-hydrogen) atoms. The van der Waals surface area contributed by atoms with Crippen molar-refractivity contribution in [3.8, 4) is 0 Å². The fraction of sp³-hybridized carbons (Fsp3) is 0.290. The molecule has 1 fully saturated rings. The Morgan fingerprint density at radius 3 is 2.48 bits per heavy atom. The molecule has 1 N–H and O–H groups in total. The molecule has 0 radical (unpaired) electrons. The Bertz CT molecular complexity index is 1660. The number of nitrogens with zero attached hydrogens (tertiary/aromatic N) is 6. The van der Waals surface area contributed by atoms with E-state index in [9.17, 15) is 9.18 Å². The van der Waals surface area contributed by atoms with Gasteiger partial charge in [-0.15, -0.1) is 5.10 Å². The largest absolute Gasteiger partial charge is 0.367 e. The summed E-state index contributed by atoms with van der Waals surface area (Å²) in [6.45, 7) is 5.19. The molecule has 0 amide bonds. The summed E-state index contributed by atoms with van der Waals surface area (Å²) < 4.78 is 16.3. The predicted octanol–water partition coefficient (Wildman–Crippen LogP) is 4.37. The summed E-state index contributed by atoms with van der Waals surface area (Å²) in [5.74, 6) is 0.404. The number of nitrogens with one attached hydrogen (secondary N) is 1. The Morgan fingerprint density at radius 2 is 1.70 bits per heavy atom. The Balaban J connectivity index is 1.36. The topological polar surface area (TPSA) is 82.9 Å². The molecule has 1 atom stereocenters. The Hall–Kier alpha value is -4.37. The SMILES string of the molecule is CCc1ccc2[nH]c(=O)c([C@H](c3nnnn3CCc3ccccc3)N3CCN(c4ccccc4F)CC3)cc2c1. The Kier molecular flexibility index (Phi) is 7.37.